The van der Waals surface area contributed by atoms with E-state index in [2.05, 4.69) is 16.7 Å². The fourth-order valence-electron chi connectivity index (χ4n) is 2.71. The van der Waals surface area contributed by atoms with Gasteiger partial charge in [0.25, 0.3) is 0 Å². The molecule has 1 atom stereocenters. The van der Waals surface area contributed by atoms with Crippen LogP contribution >= 0.6 is 11.6 Å². The SMILES string of the molecule is O=C(O)c1ccc2ccn(C3CC=CCC3)c2c1Cl. The van der Waals surface area contributed by atoms with Gasteiger partial charge in [0.2, 0.25) is 0 Å². The molecule has 0 saturated carbocycles. The predicted molar refractivity (Wildman–Crippen MR) is 75.9 cm³/mol. The normalized spacial score (nSPS) is 18.9. The first-order valence-electron chi connectivity index (χ1n) is 6.36. The number of carbonyl (C=O) groups is 1. The molecule has 0 bridgehead atoms. The van der Waals surface area contributed by atoms with Crippen LogP contribution in [0.1, 0.15) is 35.7 Å². The van der Waals surface area contributed by atoms with E-state index in [1.54, 1.807) is 6.07 Å². The first-order chi connectivity index (χ1) is 9.18. The molecule has 1 aliphatic carbocycles. The number of allylic oxidation sites excluding steroid dienone is 2. The lowest BCUT2D eigenvalue weighted by molar-refractivity contribution is 0.0697. The number of nitrogens with zero attached hydrogens (tertiary/aromatic N) is 1. The Bertz CT molecular complexity index is 672. The molecule has 4 heteroatoms. The number of hydrogen-bond donors (Lipinski definition) is 1. The van der Waals surface area contributed by atoms with Gasteiger partial charge in [-0.25, -0.2) is 4.79 Å². The number of aromatic nitrogens is 1. The standard InChI is InChI=1S/C15H14ClNO2/c16-13-12(15(18)19)7-6-10-8-9-17(14(10)13)11-4-2-1-3-5-11/h1-2,6-9,11H,3-5H2,(H,18,19). The van der Waals surface area contributed by atoms with Crippen LogP contribution in [0, 0.1) is 0 Å². The van der Waals surface area contributed by atoms with E-state index >= 15 is 0 Å². The van der Waals surface area contributed by atoms with Crippen LogP contribution in [-0.2, 0) is 0 Å². The summed E-state index contributed by atoms with van der Waals surface area (Å²) in [7, 11) is 0. The molecule has 1 heterocycles. The Hall–Kier alpha value is -1.74. The maximum absolute atomic E-state index is 11.2. The highest BCUT2D eigenvalue weighted by atomic mass is 35.5. The van der Waals surface area contributed by atoms with Crippen molar-refractivity contribution in [2.75, 3.05) is 0 Å². The molecule has 1 N–H and O–H groups in total. The van der Waals surface area contributed by atoms with Gasteiger partial charge in [0.15, 0.2) is 0 Å². The van der Waals surface area contributed by atoms with Gasteiger partial charge in [-0.05, 0) is 31.4 Å². The Morgan fingerprint density at radius 1 is 1.32 bits per heavy atom. The maximum atomic E-state index is 11.2. The van der Waals surface area contributed by atoms with Crippen LogP contribution in [-0.4, -0.2) is 15.6 Å². The smallest absolute Gasteiger partial charge is 0.337 e. The van der Waals surface area contributed by atoms with E-state index in [0.717, 1.165) is 30.2 Å². The van der Waals surface area contributed by atoms with Crippen LogP contribution < -0.4 is 0 Å². The molecule has 0 spiro atoms. The maximum Gasteiger partial charge on any atom is 0.337 e. The van der Waals surface area contributed by atoms with Gasteiger partial charge in [-0.2, -0.15) is 0 Å². The minimum atomic E-state index is -0.983. The van der Waals surface area contributed by atoms with E-state index in [1.165, 1.54) is 0 Å². The van der Waals surface area contributed by atoms with Crippen LogP contribution in [0.2, 0.25) is 5.02 Å². The van der Waals surface area contributed by atoms with E-state index in [1.807, 2.05) is 18.3 Å². The van der Waals surface area contributed by atoms with Crippen molar-refractivity contribution in [1.29, 1.82) is 0 Å². The number of halogens is 1. The molecule has 1 unspecified atom stereocenters. The Morgan fingerprint density at radius 3 is 2.84 bits per heavy atom. The van der Waals surface area contributed by atoms with Crippen molar-refractivity contribution in [2.45, 2.75) is 25.3 Å². The zero-order valence-corrected chi connectivity index (χ0v) is 11.1. The summed E-state index contributed by atoms with van der Waals surface area (Å²) in [6.45, 7) is 0. The van der Waals surface area contributed by atoms with E-state index in [-0.39, 0.29) is 5.56 Å². The van der Waals surface area contributed by atoms with Crippen LogP contribution in [0.4, 0.5) is 0 Å². The number of aromatic carboxylic acids is 1. The largest absolute Gasteiger partial charge is 0.478 e. The highest BCUT2D eigenvalue weighted by molar-refractivity contribution is 6.38. The molecule has 0 saturated heterocycles. The second-order valence-corrected chi connectivity index (χ2v) is 5.21. The van der Waals surface area contributed by atoms with Gasteiger partial charge in [-0.1, -0.05) is 29.8 Å². The van der Waals surface area contributed by atoms with E-state index < -0.39 is 5.97 Å². The number of carboxylic acid groups (broad SMARTS) is 1. The van der Waals surface area contributed by atoms with Crippen LogP contribution in [0.15, 0.2) is 36.5 Å². The van der Waals surface area contributed by atoms with E-state index in [4.69, 9.17) is 16.7 Å². The van der Waals surface area contributed by atoms with Gasteiger partial charge in [-0.15, -0.1) is 0 Å². The number of hydrogen-bond acceptors (Lipinski definition) is 1. The zero-order chi connectivity index (χ0) is 13.4. The summed E-state index contributed by atoms with van der Waals surface area (Å²) in [6, 6.07) is 5.74. The summed E-state index contributed by atoms with van der Waals surface area (Å²) in [4.78, 5) is 11.2. The Morgan fingerprint density at radius 2 is 2.16 bits per heavy atom. The second kappa shape index (κ2) is 4.74. The monoisotopic (exact) mass is 275 g/mol. The van der Waals surface area contributed by atoms with Gasteiger partial charge in [0.1, 0.15) is 0 Å². The fourth-order valence-corrected chi connectivity index (χ4v) is 3.06. The minimum absolute atomic E-state index is 0.167. The van der Waals surface area contributed by atoms with Gasteiger partial charge in [-0.3, -0.25) is 0 Å². The van der Waals surface area contributed by atoms with Crippen LogP contribution in [0.25, 0.3) is 10.9 Å². The summed E-state index contributed by atoms with van der Waals surface area (Å²) < 4.78 is 2.12. The van der Waals surface area contributed by atoms with Crippen molar-refractivity contribution in [3.8, 4) is 0 Å². The quantitative estimate of drug-likeness (QED) is 0.832. The summed E-state index contributed by atoms with van der Waals surface area (Å²) >= 11 is 6.28. The third-order valence-electron chi connectivity index (χ3n) is 3.69. The van der Waals surface area contributed by atoms with Gasteiger partial charge in [0.05, 0.1) is 16.1 Å². The summed E-state index contributed by atoms with van der Waals surface area (Å²) in [5, 5.41) is 10.5. The molecule has 1 aromatic carbocycles. The van der Waals surface area contributed by atoms with Crippen molar-refractivity contribution < 1.29 is 9.90 Å². The van der Waals surface area contributed by atoms with Crippen LogP contribution in [0.5, 0.6) is 0 Å². The number of carboxylic acids is 1. The molecule has 98 valence electrons. The molecule has 1 aromatic heterocycles. The number of rotatable bonds is 2. The molecular weight excluding hydrogens is 262 g/mol. The first-order valence-corrected chi connectivity index (χ1v) is 6.73. The van der Waals surface area contributed by atoms with E-state index in [0.29, 0.717) is 11.1 Å². The molecule has 0 radical (unpaired) electrons. The predicted octanol–water partition coefficient (Wildman–Crippen LogP) is 4.27. The molecule has 19 heavy (non-hydrogen) atoms. The molecule has 0 amide bonds. The topological polar surface area (TPSA) is 42.2 Å². The molecule has 3 rings (SSSR count). The third kappa shape index (κ3) is 2.04. The van der Waals surface area contributed by atoms with Crippen molar-refractivity contribution in [2.24, 2.45) is 0 Å². The van der Waals surface area contributed by atoms with Crippen molar-refractivity contribution in [1.82, 2.24) is 4.57 Å². The van der Waals surface area contributed by atoms with Gasteiger partial charge in [0, 0.05) is 17.6 Å². The third-order valence-corrected chi connectivity index (χ3v) is 4.07. The summed E-state index contributed by atoms with van der Waals surface area (Å²) in [5.74, 6) is -0.983. The molecular formula is C15H14ClNO2. The lowest BCUT2D eigenvalue weighted by atomic mass is 10.0. The van der Waals surface area contributed by atoms with Crippen molar-refractivity contribution in [3.63, 3.8) is 0 Å². The molecule has 0 fully saturated rings. The second-order valence-electron chi connectivity index (χ2n) is 4.83. The van der Waals surface area contributed by atoms with Crippen molar-refractivity contribution >= 4 is 28.5 Å². The molecule has 2 aromatic rings. The molecule has 0 aliphatic heterocycles. The minimum Gasteiger partial charge on any atom is -0.478 e. The number of fused-ring (bicyclic) bond motifs is 1. The average molecular weight is 276 g/mol. The lowest BCUT2D eigenvalue weighted by Gasteiger charge is -2.21. The van der Waals surface area contributed by atoms with Crippen molar-refractivity contribution in [3.05, 3.63) is 47.1 Å². The Labute approximate surface area is 116 Å². The van der Waals surface area contributed by atoms with E-state index in [9.17, 15) is 4.79 Å². The molecule has 3 nitrogen and oxygen atoms in total. The van der Waals surface area contributed by atoms with Gasteiger partial charge < -0.3 is 9.67 Å². The number of benzene rings is 1. The zero-order valence-electron chi connectivity index (χ0n) is 10.3. The fraction of sp³-hybridized carbons (Fsp3) is 0.267. The Kier molecular flexibility index (Phi) is 3.07. The summed E-state index contributed by atoms with van der Waals surface area (Å²) in [5.41, 5.74) is 1.00. The van der Waals surface area contributed by atoms with Crippen LogP contribution in [0.3, 0.4) is 0 Å². The highest BCUT2D eigenvalue weighted by Gasteiger charge is 2.19. The summed E-state index contributed by atoms with van der Waals surface area (Å²) in [6.07, 6.45) is 9.46. The highest BCUT2D eigenvalue weighted by Crippen LogP contribution is 2.34. The Balaban J connectivity index is 2.17. The van der Waals surface area contributed by atoms with Gasteiger partial charge >= 0.3 is 5.97 Å². The molecule has 1 aliphatic rings. The average Bonchev–Trinajstić information content (AvgIpc) is 2.84. The lowest BCUT2D eigenvalue weighted by Crippen LogP contribution is -2.10. The first kappa shape index (κ1) is 12.3.